The second-order valence-corrected chi connectivity index (χ2v) is 5.22. The number of rotatable bonds is 3. The van der Waals surface area contributed by atoms with Crippen molar-refractivity contribution in [2.75, 3.05) is 11.5 Å². The minimum Gasteiger partial charge on any atom is -0.383 e. The first-order valence-corrected chi connectivity index (χ1v) is 7.06. The van der Waals surface area contributed by atoms with Crippen molar-refractivity contribution < 1.29 is 0 Å². The molecule has 0 aliphatic rings. The number of nitrogen functional groups attached to an aromatic ring is 2. The standard InChI is InChI=1S/C14H13N5S/c15-11-7-12(16)19-14(18-11)20-8-10-4-1-3-9-5-2-6-17-13(9)10/h1-7H,8H2,(H4,15,16,18,19). The molecule has 4 N–H and O–H groups in total. The SMILES string of the molecule is Nc1cc(N)nc(SCc2cccc3cccnc23)n1. The highest BCUT2D eigenvalue weighted by Gasteiger charge is 2.05. The van der Waals surface area contributed by atoms with Gasteiger partial charge >= 0.3 is 0 Å². The van der Waals surface area contributed by atoms with Gasteiger partial charge in [-0.15, -0.1) is 0 Å². The number of hydrogen-bond donors (Lipinski definition) is 2. The minimum absolute atomic E-state index is 0.385. The highest BCUT2D eigenvalue weighted by atomic mass is 32.2. The number of benzene rings is 1. The summed E-state index contributed by atoms with van der Waals surface area (Å²) in [6.07, 6.45) is 1.80. The van der Waals surface area contributed by atoms with Gasteiger partial charge in [-0.05, 0) is 11.6 Å². The van der Waals surface area contributed by atoms with Gasteiger partial charge in [0.05, 0.1) is 5.52 Å². The topological polar surface area (TPSA) is 90.7 Å². The first-order valence-electron chi connectivity index (χ1n) is 6.08. The van der Waals surface area contributed by atoms with Gasteiger partial charge in [-0.1, -0.05) is 36.0 Å². The first kappa shape index (κ1) is 12.7. The summed E-state index contributed by atoms with van der Waals surface area (Å²) in [6, 6.07) is 11.6. The van der Waals surface area contributed by atoms with E-state index in [2.05, 4.69) is 21.0 Å². The van der Waals surface area contributed by atoms with Crippen LogP contribution in [-0.2, 0) is 5.75 Å². The summed E-state index contributed by atoms with van der Waals surface area (Å²) in [4.78, 5) is 12.7. The first-order chi connectivity index (χ1) is 9.72. The average Bonchev–Trinajstić information content (AvgIpc) is 2.44. The van der Waals surface area contributed by atoms with Gasteiger partial charge in [-0.3, -0.25) is 4.98 Å². The molecule has 0 aliphatic heterocycles. The lowest BCUT2D eigenvalue weighted by Gasteiger charge is -2.05. The van der Waals surface area contributed by atoms with E-state index in [1.54, 1.807) is 12.3 Å². The van der Waals surface area contributed by atoms with E-state index < -0.39 is 0 Å². The van der Waals surface area contributed by atoms with E-state index in [0.717, 1.165) is 22.2 Å². The Morgan fingerprint density at radius 1 is 1.00 bits per heavy atom. The van der Waals surface area contributed by atoms with Crippen LogP contribution < -0.4 is 11.5 Å². The zero-order chi connectivity index (χ0) is 13.9. The summed E-state index contributed by atoms with van der Waals surface area (Å²) in [5, 5.41) is 1.70. The molecule has 6 heteroatoms. The number of nitrogens with zero attached hydrogens (tertiary/aromatic N) is 3. The lowest BCUT2D eigenvalue weighted by Crippen LogP contribution is -1.99. The lowest BCUT2D eigenvalue weighted by molar-refractivity contribution is 0.984. The Labute approximate surface area is 120 Å². The van der Waals surface area contributed by atoms with Gasteiger partial charge < -0.3 is 11.5 Å². The lowest BCUT2D eigenvalue weighted by atomic mass is 10.1. The number of nitrogens with two attached hydrogens (primary N) is 2. The third kappa shape index (κ3) is 2.65. The molecule has 100 valence electrons. The van der Waals surface area contributed by atoms with Crippen molar-refractivity contribution in [2.24, 2.45) is 0 Å². The normalized spacial score (nSPS) is 10.8. The Morgan fingerprint density at radius 3 is 2.55 bits per heavy atom. The largest absolute Gasteiger partial charge is 0.383 e. The molecule has 0 fully saturated rings. The minimum atomic E-state index is 0.385. The number of pyridine rings is 1. The monoisotopic (exact) mass is 283 g/mol. The van der Waals surface area contributed by atoms with Crippen LogP contribution in [0.3, 0.4) is 0 Å². The Balaban J connectivity index is 1.87. The molecule has 0 radical (unpaired) electrons. The maximum atomic E-state index is 5.66. The number of fused-ring (bicyclic) bond motifs is 1. The van der Waals surface area contributed by atoms with Gasteiger partial charge in [-0.25, -0.2) is 9.97 Å². The molecule has 3 rings (SSSR count). The van der Waals surface area contributed by atoms with E-state index in [0.29, 0.717) is 16.8 Å². The molecule has 5 nitrogen and oxygen atoms in total. The molecule has 0 atom stereocenters. The molecule has 0 saturated carbocycles. The van der Waals surface area contributed by atoms with Crippen molar-refractivity contribution in [3.8, 4) is 0 Å². The summed E-state index contributed by atoms with van der Waals surface area (Å²) in [6.45, 7) is 0. The molecule has 0 saturated heterocycles. The van der Waals surface area contributed by atoms with Crippen LogP contribution in [-0.4, -0.2) is 15.0 Å². The van der Waals surface area contributed by atoms with Crippen LogP contribution in [0, 0.1) is 0 Å². The predicted octanol–water partition coefficient (Wildman–Crippen LogP) is 2.48. The van der Waals surface area contributed by atoms with Crippen LogP contribution in [0.2, 0.25) is 0 Å². The fourth-order valence-corrected chi connectivity index (χ4v) is 2.81. The van der Waals surface area contributed by atoms with Crippen molar-refractivity contribution in [1.29, 1.82) is 0 Å². The van der Waals surface area contributed by atoms with Gasteiger partial charge in [0.15, 0.2) is 5.16 Å². The molecule has 3 aromatic rings. The smallest absolute Gasteiger partial charge is 0.191 e. The van der Waals surface area contributed by atoms with Crippen molar-refractivity contribution in [2.45, 2.75) is 10.9 Å². The van der Waals surface area contributed by atoms with Gasteiger partial charge in [0.1, 0.15) is 11.6 Å². The van der Waals surface area contributed by atoms with E-state index in [9.17, 15) is 0 Å². The third-order valence-electron chi connectivity index (χ3n) is 2.82. The number of hydrogen-bond acceptors (Lipinski definition) is 6. The second kappa shape index (κ2) is 5.34. The molecule has 2 heterocycles. The Bertz CT molecular complexity index is 734. The van der Waals surface area contributed by atoms with Crippen LogP contribution >= 0.6 is 11.8 Å². The van der Waals surface area contributed by atoms with Crippen molar-refractivity contribution in [3.63, 3.8) is 0 Å². The van der Waals surface area contributed by atoms with Crippen molar-refractivity contribution >= 4 is 34.3 Å². The van der Waals surface area contributed by atoms with Crippen LogP contribution in [0.1, 0.15) is 5.56 Å². The fourth-order valence-electron chi connectivity index (χ4n) is 1.95. The number of para-hydroxylation sites is 1. The Kier molecular flexibility index (Phi) is 3.39. The van der Waals surface area contributed by atoms with Gasteiger partial charge in [0.2, 0.25) is 0 Å². The maximum absolute atomic E-state index is 5.66. The molecule has 0 spiro atoms. The zero-order valence-corrected chi connectivity index (χ0v) is 11.5. The van der Waals surface area contributed by atoms with Crippen molar-refractivity contribution in [1.82, 2.24) is 15.0 Å². The van der Waals surface area contributed by atoms with E-state index in [1.807, 2.05) is 24.3 Å². The third-order valence-corrected chi connectivity index (χ3v) is 3.71. The maximum Gasteiger partial charge on any atom is 0.191 e. The molecule has 2 aromatic heterocycles. The highest BCUT2D eigenvalue weighted by Crippen LogP contribution is 2.25. The number of aromatic nitrogens is 3. The molecular weight excluding hydrogens is 270 g/mol. The molecular formula is C14H13N5S. The number of thioether (sulfide) groups is 1. The van der Waals surface area contributed by atoms with Crippen LogP contribution in [0.25, 0.3) is 10.9 Å². The zero-order valence-electron chi connectivity index (χ0n) is 10.7. The molecule has 0 unspecified atom stereocenters. The average molecular weight is 283 g/mol. The second-order valence-electron chi connectivity index (χ2n) is 4.28. The van der Waals surface area contributed by atoms with Crippen molar-refractivity contribution in [3.05, 3.63) is 48.2 Å². The quantitative estimate of drug-likeness (QED) is 0.567. The number of anilines is 2. The van der Waals surface area contributed by atoms with Gasteiger partial charge in [0.25, 0.3) is 0 Å². The highest BCUT2D eigenvalue weighted by molar-refractivity contribution is 7.98. The summed E-state index contributed by atoms with van der Waals surface area (Å²) in [7, 11) is 0. The summed E-state index contributed by atoms with van der Waals surface area (Å²) < 4.78 is 0. The van der Waals surface area contributed by atoms with Crippen LogP contribution in [0.15, 0.2) is 47.8 Å². The Morgan fingerprint density at radius 2 is 1.75 bits per heavy atom. The molecule has 0 amide bonds. The van der Waals surface area contributed by atoms with Gasteiger partial charge in [0, 0.05) is 23.4 Å². The molecule has 0 bridgehead atoms. The van der Waals surface area contributed by atoms with Gasteiger partial charge in [-0.2, -0.15) is 0 Å². The van der Waals surface area contributed by atoms with E-state index >= 15 is 0 Å². The molecule has 20 heavy (non-hydrogen) atoms. The van der Waals surface area contributed by atoms with E-state index in [4.69, 9.17) is 11.5 Å². The summed E-state index contributed by atoms with van der Waals surface area (Å²) in [5.41, 5.74) is 13.5. The Hall–Kier alpha value is -2.34. The van der Waals surface area contributed by atoms with Crippen LogP contribution in [0.4, 0.5) is 11.6 Å². The van der Waals surface area contributed by atoms with Crippen LogP contribution in [0.5, 0.6) is 0 Å². The summed E-state index contributed by atoms with van der Waals surface area (Å²) in [5.74, 6) is 1.49. The van der Waals surface area contributed by atoms with E-state index in [-0.39, 0.29) is 0 Å². The fraction of sp³-hybridized carbons (Fsp3) is 0.0714. The molecule has 0 aliphatic carbocycles. The predicted molar refractivity (Wildman–Crippen MR) is 82.2 cm³/mol. The van der Waals surface area contributed by atoms with E-state index in [1.165, 1.54) is 11.8 Å². The molecule has 1 aromatic carbocycles. The summed E-state index contributed by atoms with van der Waals surface area (Å²) >= 11 is 1.49.